The molecule has 1 aromatic rings. The molecule has 0 saturated carbocycles. The van der Waals surface area contributed by atoms with Gasteiger partial charge in [0.05, 0.1) is 6.04 Å². The number of benzene rings is 1. The van der Waals surface area contributed by atoms with Gasteiger partial charge in [0.2, 0.25) is 16.2 Å². The maximum atomic E-state index is 12.2. The second-order valence-corrected chi connectivity index (χ2v) is 8.36. The van der Waals surface area contributed by atoms with E-state index in [-0.39, 0.29) is 12.5 Å². The summed E-state index contributed by atoms with van der Waals surface area (Å²) < 4.78 is 21.1. The van der Waals surface area contributed by atoms with Crippen LogP contribution < -0.4 is 5.32 Å². The summed E-state index contributed by atoms with van der Waals surface area (Å²) in [6.45, 7) is 3.31. The first-order valence-electron chi connectivity index (χ1n) is 9.77. The summed E-state index contributed by atoms with van der Waals surface area (Å²) in [6, 6.07) is 6.37. The molecule has 0 bridgehead atoms. The summed E-state index contributed by atoms with van der Waals surface area (Å²) in [5.74, 6) is -0.521. The van der Waals surface area contributed by atoms with Crippen molar-refractivity contribution in [3.8, 4) is 0 Å². The van der Waals surface area contributed by atoms with Crippen molar-refractivity contribution in [2.75, 3.05) is 13.1 Å². The number of piperidine rings is 1. The minimum absolute atomic E-state index is 0.127. The summed E-state index contributed by atoms with van der Waals surface area (Å²) >= 11 is 0. The van der Waals surface area contributed by atoms with Crippen LogP contribution >= 0.6 is 0 Å². The summed E-state index contributed by atoms with van der Waals surface area (Å²) in [7, 11) is -2.37. The number of hydrogen-bond donors (Lipinski definition) is 2. The quantitative estimate of drug-likeness (QED) is 0.718. The predicted octanol–water partition coefficient (Wildman–Crippen LogP) is 1.60. The minimum atomic E-state index is -2.37. The first-order valence-corrected chi connectivity index (χ1v) is 10.9. The van der Waals surface area contributed by atoms with Gasteiger partial charge in [-0.15, -0.1) is 0 Å². The highest BCUT2D eigenvalue weighted by Crippen LogP contribution is 2.31. The molecule has 2 N–H and O–H groups in total. The third-order valence-electron chi connectivity index (χ3n) is 5.45. The monoisotopic (exact) mass is 392 g/mol. The molecule has 2 aliphatic rings. The molecule has 1 aliphatic heterocycles. The van der Waals surface area contributed by atoms with E-state index in [1.54, 1.807) is 0 Å². The van der Waals surface area contributed by atoms with E-state index < -0.39 is 22.3 Å². The molecule has 1 heterocycles. The Hall–Kier alpha value is -1.70. The van der Waals surface area contributed by atoms with Gasteiger partial charge in [-0.25, -0.2) is 0 Å². The fourth-order valence-electron chi connectivity index (χ4n) is 4.04. The molecule has 1 fully saturated rings. The van der Waals surface area contributed by atoms with Crippen LogP contribution in [0, 0.1) is 0 Å². The average molecular weight is 393 g/mol. The number of nitrogens with one attached hydrogen (secondary N) is 1. The van der Waals surface area contributed by atoms with Gasteiger partial charge in [-0.1, -0.05) is 24.6 Å². The first-order chi connectivity index (χ1) is 13.0. The number of likely N-dealkylation sites (tertiary alicyclic amines) is 1. The molecule has 1 aliphatic carbocycles. The topological polar surface area (TPSA) is 86.7 Å². The van der Waals surface area contributed by atoms with Crippen molar-refractivity contribution in [3.05, 3.63) is 34.9 Å². The van der Waals surface area contributed by atoms with E-state index in [1.165, 1.54) is 43.5 Å². The number of aliphatic hydroxyl groups excluding tert-OH is 1. The number of carbonyl (C=O) groups is 1. The lowest BCUT2D eigenvalue weighted by Gasteiger charge is -2.29. The predicted molar refractivity (Wildman–Crippen MR) is 105 cm³/mol. The van der Waals surface area contributed by atoms with Crippen LogP contribution in [0.2, 0.25) is 0 Å². The van der Waals surface area contributed by atoms with Gasteiger partial charge in [-0.2, -0.15) is 8.42 Å². The van der Waals surface area contributed by atoms with Gasteiger partial charge in [0.1, 0.15) is 6.10 Å². The largest absolute Gasteiger partial charge is 0.383 e. The van der Waals surface area contributed by atoms with Crippen molar-refractivity contribution < 1.29 is 18.3 Å². The van der Waals surface area contributed by atoms with Gasteiger partial charge in [-0.05, 0) is 61.9 Å². The molecule has 148 valence electrons. The van der Waals surface area contributed by atoms with E-state index in [0.717, 1.165) is 36.7 Å². The number of rotatable bonds is 6. The van der Waals surface area contributed by atoms with E-state index in [2.05, 4.69) is 28.4 Å². The van der Waals surface area contributed by atoms with E-state index in [1.807, 2.05) is 0 Å². The Bertz CT molecular complexity index is 792. The normalized spacial score (nSPS) is 21.1. The number of hydrogen-bond acceptors (Lipinski definition) is 5. The molecule has 0 radical (unpaired) electrons. The van der Waals surface area contributed by atoms with Crippen molar-refractivity contribution in [1.82, 2.24) is 10.2 Å². The molecule has 1 aromatic carbocycles. The molecule has 7 heteroatoms. The van der Waals surface area contributed by atoms with Crippen LogP contribution in [0.1, 0.15) is 61.3 Å². The number of carbonyl (C=O) groups excluding carboxylic acids is 1. The Kier molecular flexibility index (Phi) is 7.04. The number of fused-ring (bicyclic) bond motifs is 1. The third-order valence-corrected chi connectivity index (χ3v) is 5.92. The Morgan fingerprint density at radius 3 is 2.78 bits per heavy atom. The van der Waals surface area contributed by atoms with Gasteiger partial charge < -0.3 is 10.4 Å². The third kappa shape index (κ3) is 5.64. The van der Waals surface area contributed by atoms with Gasteiger partial charge in [-0.3, -0.25) is 9.69 Å². The Labute approximate surface area is 162 Å². The molecule has 3 rings (SSSR count). The van der Waals surface area contributed by atoms with Gasteiger partial charge in [0.15, 0.2) is 0 Å². The fraction of sp³-hybridized carbons (Fsp3) is 0.600. The van der Waals surface area contributed by atoms with Crippen LogP contribution in [0.4, 0.5) is 0 Å². The lowest BCUT2D eigenvalue weighted by atomic mass is 9.86. The van der Waals surface area contributed by atoms with Crippen LogP contribution in [0.5, 0.6) is 0 Å². The van der Waals surface area contributed by atoms with E-state index in [9.17, 15) is 18.3 Å². The maximum Gasteiger partial charge on any atom is 0.249 e. The molecular formula is C20H28N2O4S. The van der Waals surface area contributed by atoms with E-state index in [0.29, 0.717) is 0 Å². The summed E-state index contributed by atoms with van der Waals surface area (Å²) in [5.41, 5.74) is 3.69. The Morgan fingerprint density at radius 2 is 2.04 bits per heavy atom. The number of amides is 1. The summed E-state index contributed by atoms with van der Waals surface area (Å²) in [5, 5.41) is 13.6. The molecule has 0 unspecified atom stereocenters. The van der Waals surface area contributed by atoms with E-state index in [4.69, 9.17) is 0 Å². The molecule has 0 aromatic heterocycles. The maximum absolute atomic E-state index is 12.2. The van der Waals surface area contributed by atoms with E-state index >= 15 is 0 Å². The van der Waals surface area contributed by atoms with Crippen molar-refractivity contribution in [3.63, 3.8) is 0 Å². The molecule has 27 heavy (non-hydrogen) atoms. The van der Waals surface area contributed by atoms with Crippen LogP contribution in [0.15, 0.2) is 18.2 Å². The van der Waals surface area contributed by atoms with Crippen LogP contribution in [0.3, 0.4) is 0 Å². The second kappa shape index (κ2) is 9.48. The van der Waals surface area contributed by atoms with Crippen molar-refractivity contribution in [2.24, 2.45) is 0 Å². The molecular weight excluding hydrogens is 364 g/mol. The SMILES string of the molecule is O=C(N[C@@H]1CCCc2cc(CN3CCCCC3)ccc21)[C@H](O)CC=S(=O)=O. The smallest absolute Gasteiger partial charge is 0.249 e. The zero-order chi connectivity index (χ0) is 19.2. The second-order valence-electron chi connectivity index (χ2n) is 7.50. The van der Waals surface area contributed by atoms with Crippen LogP contribution in [0.25, 0.3) is 0 Å². The standard InChI is InChI=1S/C20H28N2O4S/c23-19(9-12-27(25)26)20(24)21-18-6-4-5-16-13-15(7-8-17(16)18)14-22-10-2-1-3-11-22/h7-8,12-13,18-19,23H,1-6,9-11,14H2,(H,21,24)/t18-,19-/m1/s1. The molecule has 2 atom stereocenters. The van der Waals surface area contributed by atoms with Gasteiger partial charge in [0.25, 0.3) is 0 Å². The van der Waals surface area contributed by atoms with Crippen LogP contribution in [-0.4, -0.2) is 48.9 Å². The van der Waals surface area contributed by atoms with Crippen molar-refractivity contribution in [1.29, 1.82) is 0 Å². The molecule has 1 amide bonds. The Morgan fingerprint density at radius 1 is 1.26 bits per heavy atom. The lowest BCUT2D eigenvalue weighted by molar-refractivity contribution is -0.129. The van der Waals surface area contributed by atoms with Crippen molar-refractivity contribution >= 4 is 21.6 Å². The zero-order valence-electron chi connectivity index (χ0n) is 15.6. The number of nitrogens with zero attached hydrogens (tertiary/aromatic N) is 1. The number of aryl methyl sites for hydroxylation is 1. The zero-order valence-corrected chi connectivity index (χ0v) is 16.4. The van der Waals surface area contributed by atoms with Gasteiger partial charge in [0, 0.05) is 18.3 Å². The fourth-order valence-corrected chi connectivity index (χ4v) is 4.38. The highest BCUT2D eigenvalue weighted by molar-refractivity contribution is 7.71. The molecule has 0 spiro atoms. The molecule has 6 nitrogen and oxygen atoms in total. The summed E-state index contributed by atoms with van der Waals surface area (Å²) in [6.07, 6.45) is 5.16. The average Bonchev–Trinajstić information content (AvgIpc) is 2.67. The lowest BCUT2D eigenvalue weighted by Crippen LogP contribution is -2.38. The minimum Gasteiger partial charge on any atom is -0.383 e. The van der Waals surface area contributed by atoms with Gasteiger partial charge >= 0.3 is 0 Å². The Balaban J connectivity index is 1.65. The van der Waals surface area contributed by atoms with Crippen molar-refractivity contribution in [2.45, 2.75) is 63.6 Å². The first kappa shape index (κ1) is 20.0. The highest BCUT2D eigenvalue weighted by atomic mass is 32.2. The highest BCUT2D eigenvalue weighted by Gasteiger charge is 2.25. The summed E-state index contributed by atoms with van der Waals surface area (Å²) in [4.78, 5) is 14.7. The molecule has 1 saturated heterocycles. The number of aliphatic hydroxyl groups is 1. The van der Waals surface area contributed by atoms with Crippen LogP contribution in [-0.2, 0) is 28.1 Å².